The van der Waals surface area contributed by atoms with Gasteiger partial charge in [0, 0.05) is 22.5 Å². The molecule has 0 amide bonds. The van der Waals surface area contributed by atoms with E-state index in [1.54, 1.807) is 24.4 Å². The summed E-state index contributed by atoms with van der Waals surface area (Å²) in [6.07, 6.45) is 1.96. The lowest BCUT2D eigenvalue weighted by Gasteiger charge is -2.19. The van der Waals surface area contributed by atoms with Crippen molar-refractivity contribution in [3.8, 4) is 0 Å². The molecule has 1 heterocycles. The van der Waals surface area contributed by atoms with Crippen LogP contribution in [0.5, 0.6) is 0 Å². The summed E-state index contributed by atoms with van der Waals surface area (Å²) in [6.45, 7) is 0. The van der Waals surface area contributed by atoms with Gasteiger partial charge in [0.15, 0.2) is 9.84 Å². The van der Waals surface area contributed by atoms with Gasteiger partial charge in [-0.3, -0.25) is 4.98 Å². The molecule has 7 heteroatoms. The number of sulfone groups is 1. The van der Waals surface area contributed by atoms with Gasteiger partial charge in [-0.05, 0) is 67.4 Å². The highest BCUT2D eigenvalue weighted by atomic mass is 35.5. The molecule has 140 valence electrons. The topological polar surface area (TPSA) is 47.0 Å². The van der Waals surface area contributed by atoms with Gasteiger partial charge in [-0.15, -0.1) is 0 Å². The fourth-order valence-corrected chi connectivity index (χ4v) is 4.77. The van der Waals surface area contributed by atoms with E-state index in [0.29, 0.717) is 17.1 Å². The molecule has 3 aromatic rings. The Kier molecular flexibility index (Phi) is 5.87. The molecule has 0 saturated heterocycles. The maximum atomic E-state index is 14.4. The Balaban J connectivity index is 2.03. The molecule has 0 aliphatic rings. The van der Waals surface area contributed by atoms with E-state index in [1.807, 2.05) is 0 Å². The van der Waals surface area contributed by atoms with Crippen molar-refractivity contribution in [1.29, 1.82) is 0 Å². The van der Waals surface area contributed by atoms with Crippen LogP contribution in [-0.2, 0) is 16.3 Å². The van der Waals surface area contributed by atoms with Gasteiger partial charge < -0.3 is 0 Å². The minimum absolute atomic E-state index is 0.00146. The van der Waals surface area contributed by atoms with Gasteiger partial charge in [0.05, 0.1) is 10.1 Å². The van der Waals surface area contributed by atoms with Gasteiger partial charge in [-0.25, -0.2) is 17.2 Å². The standard InChI is InChI=1S/C20H16ClF2NO2S/c21-14-4-8-17(9-5-14)27(25,26)20(11-7-16-3-1-2-12-24-16)18-13-15(22)6-10-19(18)23/h1-6,8-10,12-13,20H,7,11H2. The molecular formula is C20H16ClF2NO2S. The van der Waals surface area contributed by atoms with Crippen molar-refractivity contribution in [3.05, 3.63) is 94.8 Å². The van der Waals surface area contributed by atoms with Crippen molar-refractivity contribution in [3.63, 3.8) is 0 Å². The van der Waals surface area contributed by atoms with Crippen molar-refractivity contribution >= 4 is 21.4 Å². The van der Waals surface area contributed by atoms with Crippen LogP contribution in [0, 0.1) is 11.6 Å². The number of pyridine rings is 1. The predicted octanol–water partition coefficient (Wildman–Crippen LogP) is 5.16. The van der Waals surface area contributed by atoms with Gasteiger partial charge in [0.2, 0.25) is 0 Å². The van der Waals surface area contributed by atoms with Gasteiger partial charge in [-0.2, -0.15) is 0 Å². The van der Waals surface area contributed by atoms with E-state index in [9.17, 15) is 17.2 Å². The lowest BCUT2D eigenvalue weighted by atomic mass is 10.1. The van der Waals surface area contributed by atoms with E-state index in [1.165, 1.54) is 24.3 Å². The Labute approximate surface area is 161 Å². The first kappa shape index (κ1) is 19.5. The summed E-state index contributed by atoms with van der Waals surface area (Å²) in [5, 5.41) is -0.868. The highest BCUT2D eigenvalue weighted by Gasteiger charge is 2.31. The number of rotatable bonds is 6. The lowest BCUT2D eigenvalue weighted by Crippen LogP contribution is -2.17. The van der Waals surface area contributed by atoms with Crippen LogP contribution in [0.4, 0.5) is 8.78 Å². The zero-order valence-corrected chi connectivity index (χ0v) is 15.7. The Hall–Kier alpha value is -2.31. The molecule has 0 aliphatic heterocycles. The van der Waals surface area contributed by atoms with Crippen LogP contribution in [0.2, 0.25) is 5.02 Å². The van der Waals surface area contributed by atoms with Crippen molar-refractivity contribution in [2.75, 3.05) is 0 Å². The summed E-state index contributed by atoms with van der Waals surface area (Å²) in [4.78, 5) is 4.17. The molecule has 0 bridgehead atoms. The van der Waals surface area contributed by atoms with Gasteiger partial charge in [0.1, 0.15) is 11.6 Å². The number of aryl methyl sites for hydroxylation is 1. The van der Waals surface area contributed by atoms with Crippen LogP contribution < -0.4 is 0 Å². The molecule has 2 aromatic carbocycles. The van der Waals surface area contributed by atoms with Crippen LogP contribution in [0.1, 0.15) is 22.9 Å². The van der Waals surface area contributed by atoms with Crippen molar-refractivity contribution in [2.24, 2.45) is 0 Å². The molecule has 1 unspecified atom stereocenters. The predicted molar refractivity (Wildman–Crippen MR) is 100 cm³/mol. The molecule has 0 fully saturated rings. The number of aromatic nitrogens is 1. The van der Waals surface area contributed by atoms with Crippen LogP contribution >= 0.6 is 11.6 Å². The van der Waals surface area contributed by atoms with E-state index < -0.39 is 26.7 Å². The SMILES string of the molecule is O=S(=O)(c1ccc(Cl)cc1)C(CCc1ccccn1)c1cc(F)ccc1F. The average Bonchev–Trinajstić information content (AvgIpc) is 2.65. The van der Waals surface area contributed by atoms with Crippen LogP contribution in [0.25, 0.3) is 0 Å². The summed E-state index contributed by atoms with van der Waals surface area (Å²) < 4.78 is 54.5. The fourth-order valence-electron chi connectivity index (χ4n) is 2.85. The van der Waals surface area contributed by atoms with Crippen molar-refractivity contribution in [2.45, 2.75) is 23.0 Å². The first-order chi connectivity index (χ1) is 12.9. The van der Waals surface area contributed by atoms with Gasteiger partial charge >= 0.3 is 0 Å². The molecule has 0 N–H and O–H groups in total. The van der Waals surface area contributed by atoms with E-state index in [4.69, 9.17) is 11.6 Å². The number of hydrogen-bond donors (Lipinski definition) is 0. The number of halogens is 3. The third-order valence-corrected chi connectivity index (χ3v) is 6.63. The van der Waals surface area contributed by atoms with Gasteiger partial charge in [0.25, 0.3) is 0 Å². The second kappa shape index (κ2) is 8.15. The van der Waals surface area contributed by atoms with Crippen LogP contribution in [0.15, 0.2) is 71.8 Å². The smallest absolute Gasteiger partial charge is 0.185 e. The minimum Gasteiger partial charge on any atom is -0.261 e. The maximum Gasteiger partial charge on any atom is 0.185 e. The van der Waals surface area contributed by atoms with E-state index in [-0.39, 0.29) is 16.9 Å². The Bertz CT molecular complexity index is 1030. The minimum atomic E-state index is -3.97. The zero-order valence-electron chi connectivity index (χ0n) is 14.1. The van der Waals surface area contributed by atoms with Crippen molar-refractivity contribution < 1.29 is 17.2 Å². The molecule has 0 saturated carbocycles. The maximum absolute atomic E-state index is 14.4. The zero-order chi connectivity index (χ0) is 19.4. The number of nitrogens with zero attached hydrogens (tertiary/aromatic N) is 1. The lowest BCUT2D eigenvalue weighted by molar-refractivity contribution is 0.550. The van der Waals surface area contributed by atoms with E-state index in [0.717, 1.165) is 18.2 Å². The molecule has 0 aliphatic carbocycles. The third-order valence-electron chi connectivity index (χ3n) is 4.21. The van der Waals surface area contributed by atoms with Gasteiger partial charge in [-0.1, -0.05) is 17.7 Å². The average molecular weight is 408 g/mol. The number of hydrogen-bond acceptors (Lipinski definition) is 3. The molecule has 3 nitrogen and oxygen atoms in total. The summed E-state index contributed by atoms with van der Waals surface area (Å²) >= 11 is 5.83. The Morgan fingerprint density at radius 3 is 2.41 bits per heavy atom. The van der Waals surface area contributed by atoms with Crippen LogP contribution in [-0.4, -0.2) is 13.4 Å². The first-order valence-corrected chi connectivity index (χ1v) is 10.1. The highest BCUT2D eigenvalue weighted by molar-refractivity contribution is 7.91. The number of benzene rings is 2. The molecular weight excluding hydrogens is 392 g/mol. The largest absolute Gasteiger partial charge is 0.261 e. The fraction of sp³-hybridized carbons (Fsp3) is 0.150. The molecule has 1 aromatic heterocycles. The van der Waals surface area contributed by atoms with E-state index in [2.05, 4.69) is 4.98 Å². The summed E-state index contributed by atoms with van der Waals surface area (Å²) in [6, 6.07) is 13.8. The second-order valence-corrected chi connectivity index (χ2v) is 8.58. The summed E-state index contributed by atoms with van der Waals surface area (Å²) in [5.74, 6) is -1.46. The molecule has 27 heavy (non-hydrogen) atoms. The highest BCUT2D eigenvalue weighted by Crippen LogP contribution is 2.35. The monoisotopic (exact) mass is 407 g/mol. The quantitative estimate of drug-likeness (QED) is 0.567. The summed E-state index contributed by atoms with van der Waals surface area (Å²) in [7, 11) is -3.97. The van der Waals surface area contributed by atoms with E-state index >= 15 is 0 Å². The Morgan fingerprint density at radius 1 is 1.00 bits per heavy atom. The third kappa shape index (κ3) is 4.51. The molecule has 0 spiro atoms. The molecule has 1 atom stereocenters. The summed E-state index contributed by atoms with van der Waals surface area (Å²) in [5.41, 5.74) is 0.478. The molecule has 3 rings (SSSR count). The first-order valence-electron chi connectivity index (χ1n) is 8.22. The normalized spacial score (nSPS) is 12.7. The van der Waals surface area contributed by atoms with Crippen LogP contribution in [0.3, 0.4) is 0 Å². The van der Waals surface area contributed by atoms with Crippen molar-refractivity contribution in [1.82, 2.24) is 4.98 Å². The molecule has 0 radical (unpaired) electrons. The second-order valence-electron chi connectivity index (χ2n) is 6.01. The Morgan fingerprint density at radius 2 is 1.74 bits per heavy atom.